The van der Waals surface area contributed by atoms with Crippen LogP contribution in [0, 0.1) is 20.8 Å². The highest BCUT2D eigenvalue weighted by atomic mass is 16.3. The van der Waals surface area contributed by atoms with Crippen LogP contribution in [0.4, 0.5) is 0 Å². The molecule has 0 saturated carbocycles. The summed E-state index contributed by atoms with van der Waals surface area (Å²) in [6, 6.07) is 1.32. The van der Waals surface area contributed by atoms with Crippen LogP contribution in [0.15, 0.2) is 6.07 Å². The van der Waals surface area contributed by atoms with Gasteiger partial charge in [-0.1, -0.05) is 0 Å². The second kappa shape index (κ2) is 3.98. The van der Waals surface area contributed by atoms with Crippen LogP contribution in [-0.4, -0.2) is 16.8 Å². The van der Waals surface area contributed by atoms with Gasteiger partial charge >= 0.3 is 0 Å². The van der Waals surface area contributed by atoms with E-state index in [1.807, 2.05) is 20.8 Å². The molecule has 1 rings (SSSR count). The van der Waals surface area contributed by atoms with Crippen LogP contribution in [0.1, 0.15) is 28.3 Å². The molecule has 0 aliphatic rings. The molecular weight excluding hydrogens is 178 g/mol. The zero-order valence-electron chi connectivity index (χ0n) is 8.83. The van der Waals surface area contributed by atoms with Crippen molar-refractivity contribution >= 4 is 0 Å². The van der Waals surface area contributed by atoms with Crippen LogP contribution in [0.2, 0.25) is 0 Å². The van der Waals surface area contributed by atoms with Crippen LogP contribution in [0.3, 0.4) is 0 Å². The molecule has 0 heterocycles. The fraction of sp³-hybridized carbons (Fsp3) is 0.455. The van der Waals surface area contributed by atoms with Crippen LogP contribution in [0.25, 0.3) is 0 Å². The third kappa shape index (κ3) is 1.74. The molecule has 0 spiro atoms. The smallest absolute Gasteiger partial charge is 0.119 e. The van der Waals surface area contributed by atoms with Gasteiger partial charge < -0.3 is 15.9 Å². The van der Waals surface area contributed by atoms with E-state index in [0.29, 0.717) is 0 Å². The first-order chi connectivity index (χ1) is 6.49. The number of hydrogen-bond donors (Lipinski definition) is 3. The molecule has 14 heavy (non-hydrogen) atoms. The minimum Gasteiger partial charge on any atom is -0.508 e. The predicted molar refractivity (Wildman–Crippen MR) is 56.3 cm³/mol. The minimum absolute atomic E-state index is 0.0775. The lowest BCUT2D eigenvalue weighted by atomic mass is 9.93. The zero-order valence-corrected chi connectivity index (χ0v) is 8.83. The highest BCUT2D eigenvalue weighted by Gasteiger charge is 2.14. The van der Waals surface area contributed by atoms with E-state index in [2.05, 4.69) is 0 Å². The number of aromatic hydroxyl groups is 1. The first kappa shape index (κ1) is 11.0. The van der Waals surface area contributed by atoms with Crippen LogP contribution in [0.5, 0.6) is 5.75 Å². The number of hydrogen-bond acceptors (Lipinski definition) is 3. The molecule has 4 N–H and O–H groups in total. The van der Waals surface area contributed by atoms with Crippen LogP contribution >= 0.6 is 0 Å². The molecule has 0 fully saturated rings. The normalized spacial score (nSPS) is 12.9. The molecule has 0 amide bonds. The van der Waals surface area contributed by atoms with E-state index in [-0.39, 0.29) is 18.4 Å². The molecule has 0 aromatic heterocycles. The Morgan fingerprint density at radius 1 is 1.29 bits per heavy atom. The first-order valence-electron chi connectivity index (χ1n) is 4.65. The fourth-order valence-corrected chi connectivity index (χ4v) is 1.74. The summed E-state index contributed by atoms with van der Waals surface area (Å²) in [5.41, 5.74) is 9.43. The lowest BCUT2D eigenvalue weighted by Gasteiger charge is -2.18. The monoisotopic (exact) mass is 195 g/mol. The lowest BCUT2D eigenvalue weighted by molar-refractivity contribution is 0.267. The largest absolute Gasteiger partial charge is 0.508 e. The maximum Gasteiger partial charge on any atom is 0.119 e. The molecule has 3 nitrogen and oxygen atoms in total. The number of phenolic OH excluding ortho intramolecular Hbond substituents is 1. The number of aliphatic hydroxyl groups excluding tert-OH is 1. The predicted octanol–water partition coefficient (Wildman–Crippen LogP) is 1.31. The Morgan fingerprint density at radius 3 is 2.36 bits per heavy atom. The van der Waals surface area contributed by atoms with Crippen molar-refractivity contribution in [1.29, 1.82) is 0 Å². The molecule has 0 radical (unpaired) electrons. The van der Waals surface area contributed by atoms with Gasteiger partial charge in [0.1, 0.15) is 5.75 Å². The Morgan fingerprint density at radius 2 is 1.86 bits per heavy atom. The topological polar surface area (TPSA) is 66.5 Å². The average Bonchev–Trinajstić information content (AvgIpc) is 2.14. The number of aryl methyl sites for hydroxylation is 1. The molecule has 3 heteroatoms. The van der Waals surface area contributed by atoms with Gasteiger partial charge in [0.25, 0.3) is 0 Å². The van der Waals surface area contributed by atoms with Gasteiger partial charge in [-0.2, -0.15) is 0 Å². The fourth-order valence-electron chi connectivity index (χ4n) is 1.74. The number of aliphatic hydroxyl groups is 1. The third-order valence-corrected chi connectivity index (χ3v) is 2.70. The second-order valence-corrected chi connectivity index (χ2v) is 3.67. The summed E-state index contributed by atoms with van der Waals surface area (Å²) in [6.07, 6.45) is 0. The molecule has 1 unspecified atom stereocenters. The zero-order chi connectivity index (χ0) is 10.9. The summed E-state index contributed by atoms with van der Waals surface area (Å²) in [7, 11) is 0. The number of benzene rings is 1. The lowest BCUT2D eigenvalue weighted by Crippen LogP contribution is -2.17. The van der Waals surface area contributed by atoms with E-state index >= 15 is 0 Å². The van der Waals surface area contributed by atoms with E-state index in [1.54, 1.807) is 6.07 Å². The van der Waals surface area contributed by atoms with Gasteiger partial charge in [-0.3, -0.25) is 0 Å². The standard InChI is InChI=1S/C11H17NO2/c1-6-4-10(14)7(2)8(3)11(6)9(12)5-13/h4,9,13-14H,5,12H2,1-3H3. The quantitative estimate of drug-likeness (QED) is 0.666. The van der Waals surface area contributed by atoms with Gasteiger partial charge in [0, 0.05) is 0 Å². The van der Waals surface area contributed by atoms with Gasteiger partial charge in [0.2, 0.25) is 0 Å². The molecule has 78 valence electrons. The van der Waals surface area contributed by atoms with Crippen molar-refractivity contribution in [2.24, 2.45) is 5.73 Å². The Hall–Kier alpha value is -1.06. The Balaban J connectivity index is 3.36. The van der Waals surface area contributed by atoms with Crippen molar-refractivity contribution in [1.82, 2.24) is 0 Å². The van der Waals surface area contributed by atoms with Gasteiger partial charge in [-0.15, -0.1) is 0 Å². The molecule has 1 atom stereocenters. The van der Waals surface area contributed by atoms with Crippen molar-refractivity contribution in [2.45, 2.75) is 26.8 Å². The molecule has 0 bridgehead atoms. The van der Waals surface area contributed by atoms with Crippen molar-refractivity contribution in [3.8, 4) is 5.75 Å². The number of phenols is 1. The van der Waals surface area contributed by atoms with E-state index in [0.717, 1.165) is 22.3 Å². The second-order valence-electron chi connectivity index (χ2n) is 3.67. The average molecular weight is 195 g/mol. The molecule has 0 aliphatic heterocycles. The minimum atomic E-state index is -0.366. The number of rotatable bonds is 2. The Labute approximate surface area is 84.2 Å². The van der Waals surface area contributed by atoms with E-state index in [1.165, 1.54) is 0 Å². The molecule has 0 saturated heterocycles. The highest BCUT2D eigenvalue weighted by molar-refractivity contribution is 5.48. The summed E-state index contributed by atoms with van der Waals surface area (Å²) in [6.45, 7) is 5.56. The van der Waals surface area contributed by atoms with E-state index in [4.69, 9.17) is 10.8 Å². The third-order valence-electron chi connectivity index (χ3n) is 2.70. The molecule has 1 aromatic rings. The van der Waals surface area contributed by atoms with Gasteiger partial charge in [-0.05, 0) is 49.1 Å². The SMILES string of the molecule is Cc1cc(O)c(C)c(C)c1C(N)CO. The van der Waals surface area contributed by atoms with Crippen LogP contribution in [-0.2, 0) is 0 Å². The molecular formula is C11H17NO2. The van der Waals surface area contributed by atoms with Crippen LogP contribution < -0.4 is 5.73 Å². The maximum absolute atomic E-state index is 9.56. The van der Waals surface area contributed by atoms with Crippen molar-refractivity contribution in [3.63, 3.8) is 0 Å². The van der Waals surface area contributed by atoms with Gasteiger partial charge in [0.15, 0.2) is 0 Å². The molecule has 1 aromatic carbocycles. The summed E-state index contributed by atoms with van der Waals surface area (Å²) >= 11 is 0. The van der Waals surface area contributed by atoms with Crippen molar-refractivity contribution in [2.75, 3.05) is 6.61 Å². The van der Waals surface area contributed by atoms with Crippen molar-refractivity contribution in [3.05, 3.63) is 28.3 Å². The maximum atomic E-state index is 9.56. The first-order valence-corrected chi connectivity index (χ1v) is 4.65. The van der Waals surface area contributed by atoms with Crippen molar-refractivity contribution < 1.29 is 10.2 Å². The number of nitrogens with two attached hydrogens (primary N) is 1. The Kier molecular flexibility index (Phi) is 3.13. The summed E-state index contributed by atoms with van der Waals surface area (Å²) in [4.78, 5) is 0. The summed E-state index contributed by atoms with van der Waals surface area (Å²) in [5, 5.41) is 18.6. The highest BCUT2D eigenvalue weighted by Crippen LogP contribution is 2.29. The summed E-state index contributed by atoms with van der Waals surface area (Å²) < 4.78 is 0. The summed E-state index contributed by atoms with van der Waals surface area (Å²) in [5.74, 6) is 0.286. The van der Waals surface area contributed by atoms with E-state index < -0.39 is 0 Å². The Bertz CT molecular complexity index is 348. The van der Waals surface area contributed by atoms with Gasteiger partial charge in [0.05, 0.1) is 12.6 Å². The molecule has 0 aliphatic carbocycles. The van der Waals surface area contributed by atoms with E-state index in [9.17, 15) is 5.11 Å². The van der Waals surface area contributed by atoms with Gasteiger partial charge in [-0.25, -0.2) is 0 Å².